The lowest BCUT2D eigenvalue weighted by atomic mass is 9.82. The minimum atomic E-state index is -0.331. The Hall–Kier alpha value is -1.67. The minimum Gasteiger partial charge on any atom is -0.356 e. The van der Waals surface area contributed by atoms with E-state index in [1.54, 1.807) is 0 Å². The standard InChI is InChI=1S/C30H42ClN3O4/c31-24-3-6-26-27(20-24)38-33-29(26)23-10-15-34(16-11-23)14-9-21-1-4-25(5-2-21)32-28(35)19-22-7-12-30(13-8-22)36-17-18-37-30/h3,6,20-23,25H,1-2,4-5,7-19H2,(H,32,35)/t21-,25-. The van der Waals surface area contributed by atoms with E-state index in [1.165, 1.54) is 25.8 Å². The summed E-state index contributed by atoms with van der Waals surface area (Å²) in [6.07, 6.45) is 12.8. The summed E-state index contributed by atoms with van der Waals surface area (Å²) in [6.45, 7) is 4.85. The van der Waals surface area contributed by atoms with Crippen LogP contribution in [0.1, 0.15) is 88.7 Å². The Labute approximate surface area is 230 Å². The van der Waals surface area contributed by atoms with Crippen molar-refractivity contribution in [2.75, 3.05) is 32.8 Å². The number of benzene rings is 1. The van der Waals surface area contributed by atoms with E-state index in [0.717, 1.165) is 87.0 Å². The molecule has 2 aliphatic heterocycles. The lowest BCUT2D eigenvalue weighted by molar-refractivity contribution is -0.183. The first-order valence-electron chi connectivity index (χ1n) is 14.9. The number of likely N-dealkylation sites (tertiary alicyclic amines) is 1. The van der Waals surface area contributed by atoms with Crippen molar-refractivity contribution < 1.29 is 18.8 Å². The third-order valence-corrected chi connectivity index (χ3v) is 9.89. The molecule has 4 aliphatic rings. The van der Waals surface area contributed by atoms with E-state index in [0.29, 0.717) is 42.5 Å². The van der Waals surface area contributed by atoms with Gasteiger partial charge in [-0.2, -0.15) is 0 Å². The van der Waals surface area contributed by atoms with Crippen molar-refractivity contribution in [1.82, 2.24) is 15.4 Å². The number of fused-ring (bicyclic) bond motifs is 1. The maximum Gasteiger partial charge on any atom is 0.220 e. The number of hydrogen-bond acceptors (Lipinski definition) is 6. The normalized spacial score (nSPS) is 27.3. The number of ether oxygens (including phenoxy) is 2. The summed E-state index contributed by atoms with van der Waals surface area (Å²) >= 11 is 6.10. The summed E-state index contributed by atoms with van der Waals surface area (Å²) in [5.41, 5.74) is 1.89. The molecule has 2 aromatic rings. The van der Waals surface area contributed by atoms with Crippen molar-refractivity contribution in [3.8, 4) is 0 Å². The quantitative estimate of drug-likeness (QED) is 0.458. The average molecular weight is 544 g/mol. The maximum absolute atomic E-state index is 12.7. The number of aromatic nitrogens is 1. The van der Waals surface area contributed by atoms with E-state index in [-0.39, 0.29) is 11.7 Å². The van der Waals surface area contributed by atoms with Crippen LogP contribution in [0.2, 0.25) is 5.02 Å². The van der Waals surface area contributed by atoms with Crippen molar-refractivity contribution in [2.24, 2.45) is 11.8 Å². The van der Waals surface area contributed by atoms with Gasteiger partial charge in [-0.05, 0) is 101 Å². The van der Waals surface area contributed by atoms with Crippen molar-refractivity contribution in [2.45, 2.75) is 94.8 Å². The predicted molar refractivity (Wildman–Crippen MR) is 147 cm³/mol. The molecule has 2 saturated heterocycles. The van der Waals surface area contributed by atoms with E-state index in [2.05, 4.69) is 15.4 Å². The molecule has 0 unspecified atom stereocenters. The number of piperidine rings is 1. The molecule has 1 amide bonds. The third kappa shape index (κ3) is 6.22. The number of amides is 1. The molecule has 6 rings (SSSR count). The monoisotopic (exact) mass is 543 g/mol. The number of nitrogens with zero attached hydrogens (tertiary/aromatic N) is 2. The number of hydrogen-bond donors (Lipinski definition) is 1. The molecule has 2 aliphatic carbocycles. The van der Waals surface area contributed by atoms with Crippen molar-refractivity contribution in [3.05, 3.63) is 28.9 Å². The highest BCUT2D eigenvalue weighted by atomic mass is 35.5. The minimum absolute atomic E-state index is 0.244. The van der Waals surface area contributed by atoms with Gasteiger partial charge in [-0.1, -0.05) is 16.8 Å². The number of carbonyl (C=O) groups is 1. The van der Waals surface area contributed by atoms with Gasteiger partial charge in [0.25, 0.3) is 0 Å². The molecule has 0 atom stereocenters. The van der Waals surface area contributed by atoms with Crippen LogP contribution >= 0.6 is 11.6 Å². The van der Waals surface area contributed by atoms with Gasteiger partial charge in [0, 0.05) is 47.7 Å². The first-order chi connectivity index (χ1) is 18.6. The van der Waals surface area contributed by atoms with Crippen LogP contribution in [0, 0.1) is 11.8 Å². The fourth-order valence-electron chi connectivity index (χ4n) is 7.27. The third-order valence-electron chi connectivity index (χ3n) is 9.66. The Bertz CT molecular complexity index is 1070. The second-order valence-electron chi connectivity index (χ2n) is 12.2. The van der Waals surface area contributed by atoms with Gasteiger partial charge >= 0.3 is 0 Å². The molecule has 1 spiro atoms. The second kappa shape index (κ2) is 11.8. The van der Waals surface area contributed by atoms with Crippen LogP contribution in [0.5, 0.6) is 0 Å². The smallest absolute Gasteiger partial charge is 0.220 e. The van der Waals surface area contributed by atoms with Crippen molar-refractivity contribution in [3.63, 3.8) is 0 Å². The topological polar surface area (TPSA) is 76.8 Å². The summed E-state index contributed by atoms with van der Waals surface area (Å²) in [4.78, 5) is 15.3. The Morgan fingerprint density at radius 2 is 1.74 bits per heavy atom. The van der Waals surface area contributed by atoms with E-state index in [1.807, 2.05) is 18.2 Å². The highest BCUT2D eigenvalue weighted by Gasteiger charge is 2.40. The molecule has 208 valence electrons. The van der Waals surface area contributed by atoms with Crippen LogP contribution in [0.3, 0.4) is 0 Å². The van der Waals surface area contributed by atoms with Crippen LogP contribution in [-0.2, 0) is 14.3 Å². The van der Waals surface area contributed by atoms with Crippen molar-refractivity contribution >= 4 is 28.5 Å². The lowest BCUT2D eigenvalue weighted by Gasteiger charge is -2.36. The van der Waals surface area contributed by atoms with Gasteiger partial charge in [-0.3, -0.25) is 4.79 Å². The summed E-state index contributed by atoms with van der Waals surface area (Å²) in [7, 11) is 0. The van der Waals surface area contributed by atoms with Crippen molar-refractivity contribution in [1.29, 1.82) is 0 Å². The van der Waals surface area contributed by atoms with Crippen LogP contribution in [0.15, 0.2) is 22.7 Å². The maximum atomic E-state index is 12.7. The average Bonchev–Trinajstić information content (AvgIpc) is 3.57. The largest absolute Gasteiger partial charge is 0.356 e. The Morgan fingerprint density at radius 1 is 1.00 bits per heavy atom. The van der Waals surface area contributed by atoms with Gasteiger partial charge in [-0.15, -0.1) is 0 Å². The molecule has 0 bridgehead atoms. The van der Waals surface area contributed by atoms with E-state index in [4.69, 9.17) is 25.6 Å². The number of nitrogens with one attached hydrogen (secondary N) is 1. The van der Waals surface area contributed by atoms with Gasteiger partial charge in [0.05, 0.1) is 18.9 Å². The van der Waals surface area contributed by atoms with Gasteiger partial charge in [-0.25, -0.2) is 0 Å². The summed E-state index contributed by atoms with van der Waals surface area (Å²) in [5, 5.41) is 9.54. The molecule has 1 aromatic heterocycles. The number of rotatable bonds is 7. The Kier molecular flexibility index (Phi) is 8.26. The Balaban J connectivity index is 0.864. The lowest BCUT2D eigenvalue weighted by Crippen LogP contribution is -2.40. The zero-order valence-corrected chi connectivity index (χ0v) is 23.2. The molecule has 2 saturated carbocycles. The molecule has 0 radical (unpaired) electrons. The molecule has 7 nitrogen and oxygen atoms in total. The number of halogens is 1. The van der Waals surface area contributed by atoms with Crippen LogP contribution in [0.25, 0.3) is 11.0 Å². The molecule has 38 heavy (non-hydrogen) atoms. The zero-order valence-electron chi connectivity index (χ0n) is 22.5. The van der Waals surface area contributed by atoms with Crippen LogP contribution < -0.4 is 5.32 Å². The first kappa shape index (κ1) is 26.5. The van der Waals surface area contributed by atoms with Crippen LogP contribution in [0.4, 0.5) is 0 Å². The highest BCUT2D eigenvalue weighted by Crippen LogP contribution is 2.39. The highest BCUT2D eigenvalue weighted by molar-refractivity contribution is 6.31. The van der Waals surface area contributed by atoms with Gasteiger partial charge in [0.1, 0.15) is 0 Å². The molecule has 8 heteroatoms. The van der Waals surface area contributed by atoms with Gasteiger partial charge in [0.2, 0.25) is 5.91 Å². The van der Waals surface area contributed by atoms with Gasteiger partial charge < -0.3 is 24.2 Å². The summed E-state index contributed by atoms with van der Waals surface area (Å²) in [5.74, 6) is 1.63. The van der Waals surface area contributed by atoms with E-state index in [9.17, 15) is 4.79 Å². The summed E-state index contributed by atoms with van der Waals surface area (Å²) < 4.78 is 17.2. The fourth-order valence-corrected chi connectivity index (χ4v) is 7.43. The second-order valence-corrected chi connectivity index (χ2v) is 12.6. The molecular weight excluding hydrogens is 502 g/mol. The molecular formula is C30H42ClN3O4. The van der Waals surface area contributed by atoms with E-state index >= 15 is 0 Å². The fraction of sp³-hybridized carbons (Fsp3) is 0.733. The molecule has 3 heterocycles. The number of carbonyl (C=O) groups excluding carboxylic acids is 1. The zero-order chi connectivity index (χ0) is 26.0. The Morgan fingerprint density at radius 3 is 2.47 bits per heavy atom. The molecule has 1 aromatic carbocycles. The molecule has 4 fully saturated rings. The summed E-state index contributed by atoms with van der Waals surface area (Å²) in [6, 6.07) is 6.18. The van der Waals surface area contributed by atoms with Crippen LogP contribution in [-0.4, -0.2) is 60.6 Å². The predicted octanol–water partition coefficient (Wildman–Crippen LogP) is 6.05. The van der Waals surface area contributed by atoms with E-state index < -0.39 is 0 Å². The molecule has 1 N–H and O–H groups in total. The van der Waals surface area contributed by atoms with Gasteiger partial charge in [0.15, 0.2) is 11.4 Å². The SMILES string of the molecule is O=C(CC1CCC2(CC1)OCCO2)N[C@H]1CC[C@H](CCN2CCC(c3noc4cc(Cl)ccc34)CC2)CC1. The first-order valence-corrected chi connectivity index (χ1v) is 15.3.